The average molecular weight is 1340 g/mol. The molecule has 0 amide bonds. The Morgan fingerprint density at radius 2 is 0.979 bits per heavy atom. The number of hydrogen-bond donors (Lipinski definition) is 0. The predicted molar refractivity (Wildman–Crippen MR) is 403 cm³/mol. The topological polar surface area (TPSA) is 61.8 Å². The molecule has 0 N–H and O–H groups in total. The number of nitrogens with zero attached hydrogens (tertiary/aromatic N) is 4. The first-order valence-corrected chi connectivity index (χ1v) is 36.1. The number of aromatic nitrogens is 4. The Hall–Kier alpha value is -8.28. The van der Waals surface area contributed by atoms with Crippen molar-refractivity contribution in [3.63, 3.8) is 0 Å². The minimum absolute atomic E-state index is 0.247. The molecule has 0 saturated carbocycles. The number of aryl methyl sites for hydroxylation is 3. The standard InChI is InChI=1S/C18H21N.C16H18.C14H17NO2S.C12H14N2.C12H18.C11H12F4.C3H8/c1-4-19-17-8-6-5-7-15(17)16-10-9-14(11-13(2)3)12-18(16)19;1-13(2)16(14-9-5-3-6-10-14)15-11-7-4-8-12-15;1-12(2)11-13-7-6-10-15(13)18(16,17)14-8-4-3-5-9-14;1-10(2)11-3-5-12(6-4-11)14-8-7-13-9-14;1-9(2)8-12-10(3)6-5-7-11(12)4;1-7(2)5-8-3-4-10(12)9(6-8)11(13,14)15;1-3-2/h5-10,12-13H,4,11H2,1-3H3;3-13,16H,1-2H3;3-10,12H,11H2,1-2H3;3-10H,1-2H3;5-7,9H,8H2,1-4H3;3-4,6-7H,5H2,1-2H3;3H2,1-2H3. The fourth-order valence-corrected chi connectivity index (χ4v) is 13.0. The Bertz CT molecular complexity index is 4070. The number of benzene rings is 8. The molecule has 0 aliphatic carbocycles. The second-order valence-corrected chi connectivity index (χ2v) is 29.1. The van der Waals surface area contributed by atoms with Crippen LogP contribution in [0.15, 0.2) is 236 Å². The highest BCUT2D eigenvalue weighted by molar-refractivity contribution is 7.90. The summed E-state index contributed by atoms with van der Waals surface area (Å²) in [4.78, 5) is 4.34. The Morgan fingerprint density at radius 1 is 0.485 bits per heavy atom. The zero-order chi connectivity index (χ0) is 71.4. The quantitative estimate of drug-likeness (QED) is 0.0906. The minimum atomic E-state index is -4.61. The first kappa shape index (κ1) is 79.4. The number of alkyl halides is 3. The van der Waals surface area contributed by atoms with Gasteiger partial charge in [0, 0.05) is 64.2 Å². The third kappa shape index (κ3) is 24.6. The molecule has 6 nitrogen and oxygen atoms in total. The van der Waals surface area contributed by atoms with Crippen molar-refractivity contribution in [2.75, 3.05) is 0 Å². The molecule has 0 aliphatic heterocycles. The molecule has 0 spiro atoms. The van der Waals surface area contributed by atoms with Gasteiger partial charge in [0.2, 0.25) is 0 Å². The summed E-state index contributed by atoms with van der Waals surface area (Å²) < 4.78 is 80.6. The Morgan fingerprint density at radius 3 is 1.46 bits per heavy atom. The van der Waals surface area contributed by atoms with Gasteiger partial charge in [0.25, 0.3) is 10.0 Å². The van der Waals surface area contributed by atoms with Gasteiger partial charge in [-0.1, -0.05) is 249 Å². The van der Waals surface area contributed by atoms with E-state index in [1.165, 1.54) is 83.6 Å². The number of hydrogen-bond acceptors (Lipinski definition) is 3. The Balaban J connectivity index is 0.000000210. The Kier molecular flexibility index (Phi) is 32.1. The summed E-state index contributed by atoms with van der Waals surface area (Å²) in [6.07, 6.45) is 7.42. The number of imidazole rings is 1. The van der Waals surface area contributed by atoms with Gasteiger partial charge in [-0.2, -0.15) is 13.2 Å². The fraction of sp³-hybridized carbons (Fsp3) is 0.360. The van der Waals surface area contributed by atoms with Gasteiger partial charge in [0.05, 0.1) is 16.8 Å². The Labute approximate surface area is 579 Å². The predicted octanol–water partition coefficient (Wildman–Crippen LogP) is 24.4. The van der Waals surface area contributed by atoms with Gasteiger partial charge in [0.1, 0.15) is 5.82 Å². The van der Waals surface area contributed by atoms with Crippen LogP contribution in [-0.4, -0.2) is 26.5 Å². The minimum Gasteiger partial charge on any atom is -0.341 e. The van der Waals surface area contributed by atoms with Crippen molar-refractivity contribution in [1.82, 2.24) is 18.1 Å². The van der Waals surface area contributed by atoms with E-state index in [9.17, 15) is 26.0 Å². The van der Waals surface area contributed by atoms with Crippen LogP contribution < -0.4 is 0 Å². The molecule has 3 heterocycles. The van der Waals surface area contributed by atoms with Crippen molar-refractivity contribution in [3.8, 4) is 5.69 Å². The van der Waals surface area contributed by atoms with Crippen molar-refractivity contribution in [3.05, 3.63) is 293 Å². The number of fused-ring (bicyclic) bond motifs is 3. The third-order valence-electron chi connectivity index (χ3n) is 16.1. The van der Waals surface area contributed by atoms with Gasteiger partial charge in [-0.15, -0.1) is 0 Å². The molecule has 97 heavy (non-hydrogen) atoms. The van der Waals surface area contributed by atoms with E-state index >= 15 is 0 Å². The van der Waals surface area contributed by atoms with Gasteiger partial charge in [-0.3, -0.25) is 0 Å². The van der Waals surface area contributed by atoms with E-state index in [0.29, 0.717) is 46.5 Å². The van der Waals surface area contributed by atoms with E-state index < -0.39 is 27.6 Å². The molecular weight excluding hydrogens is 1230 g/mol. The average Bonchev–Trinajstić information content (AvgIpc) is 1.62. The van der Waals surface area contributed by atoms with E-state index in [-0.39, 0.29) is 5.92 Å². The summed E-state index contributed by atoms with van der Waals surface area (Å²) in [5.74, 6) is 2.62. The van der Waals surface area contributed by atoms with Gasteiger partial charge < -0.3 is 9.13 Å². The van der Waals surface area contributed by atoms with Crippen LogP contribution in [0.2, 0.25) is 0 Å². The van der Waals surface area contributed by atoms with Crippen molar-refractivity contribution in [2.45, 2.75) is 179 Å². The van der Waals surface area contributed by atoms with E-state index in [2.05, 4.69) is 259 Å². The molecule has 0 bridgehead atoms. The maximum Gasteiger partial charge on any atom is 0.419 e. The third-order valence-corrected chi connectivity index (χ3v) is 17.8. The van der Waals surface area contributed by atoms with E-state index in [1.807, 2.05) is 43.1 Å². The van der Waals surface area contributed by atoms with Gasteiger partial charge in [-0.25, -0.2) is 21.8 Å². The highest BCUT2D eigenvalue weighted by atomic mass is 32.2. The lowest BCUT2D eigenvalue weighted by atomic mass is 9.83. The number of halogens is 4. The zero-order valence-electron chi connectivity index (χ0n) is 60.7. The molecule has 0 saturated heterocycles. The molecule has 0 unspecified atom stereocenters. The lowest BCUT2D eigenvalue weighted by Crippen LogP contribution is -2.15. The highest BCUT2D eigenvalue weighted by Crippen LogP contribution is 2.34. The monoisotopic (exact) mass is 1340 g/mol. The summed E-state index contributed by atoms with van der Waals surface area (Å²) in [5, 5.41) is 2.75. The van der Waals surface area contributed by atoms with Crippen LogP contribution in [0, 0.1) is 49.3 Å². The maximum atomic E-state index is 12.9. The van der Waals surface area contributed by atoms with E-state index in [1.54, 1.807) is 42.7 Å². The molecular formula is C86H108F4N4O2S. The second kappa shape index (κ2) is 39.2. The van der Waals surface area contributed by atoms with Crippen LogP contribution >= 0.6 is 0 Å². The van der Waals surface area contributed by atoms with Gasteiger partial charge >= 0.3 is 6.18 Å². The number of para-hydroxylation sites is 1. The van der Waals surface area contributed by atoms with Crippen molar-refractivity contribution >= 4 is 31.8 Å². The molecule has 0 atom stereocenters. The molecule has 0 fully saturated rings. The van der Waals surface area contributed by atoms with Gasteiger partial charge in [-0.05, 0) is 187 Å². The van der Waals surface area contributed by atoms with Crippen LogP contribution in [0.3, 0.4) is 0 Å². The van der Waals surface area contributed by atoms with Crippen LogP contribution in [0.1, 0.15) is 178 Å². The van der Waals surface area contributed by atoms with Crippen molar-refractivity contribution < 1.29 is 26.0 Å². The largest absolute Gasteiger partial charge is 0.419 e. The molecule has 11 aromatic rings. The SMILES string of the molecule is CC(C)C(c1ccccc1)c1ccccc1.CC(C)Cc1ccc(F)c(C(F)(F)F)c1.CC(C)Cc1cccn1S(=O)(=O)c1ccccc1.CC(C)c1ccc(-n2ccnc2)cc1.CCC.CCn1c2ccccc2c2ccc(CC(C)C)cc21.Cc1cccc(C)c1CC(C)C. The smallest absolute Gasteiger partial charge is 0.341 e. The summed E-state index contributed by atoms with van der Waals surface area (Å²) in [7, 11) is -3.46. The van der Waals surface area contributed by atoms with Gasteiger partial charge in [0.15, 0.2) is 0 Å². The zero-order valence-corrected chi connectivity index (χ0v) is 61.6. The number of rotatable bonds is 16. The second-order valence-electron chi connectivity index (χ2n) is 27.3. The molecule has 518 valence electrons. The molecule has 0 radical (unpaired) electrons. The lowest BCUT2D eigenvalue weighted by Gasteiger charge is -2.21. The van der Waals surface area contributed by atoms with Crippen LogP contribution in [0.25, 0.3) is 27.5 Å². The molecule has 11 heteroatoms. The molecule has 8 aromatic carbocycles. The first-order chi connectivity index (χ1) is 46.1. The first-order valence-electron chi connectivity index (χ1n) is 34.7. The molecule has 3 aromatic heterocycles. The van der Waals surface area contributed by atoms with E-state index in [4.69, 9.17) is 0 Å². The highest BCUT2D eigenvalue weighted by Gasteiger charge is 2.34. The fourth-order valence-electron chi connectivity index (χ4n) is 11.6. The lowest BCUT2D eigenvalue weighted by molar-refractivity contribution is -0.140. The van der Waals surface area contributed by atoms with Crippen molar-refractivity contribution in [2.24, 2.45) is 29.6 Å². The maximum absolute atomic E-state index is 12.9. The normalized spacial score (nSPS) is 11.3. The summed E-state index contributed by atoms with van der Waals surface area (Å²) in [6, 6.07) is 67.6. The van der Waals surface area contributed by atoms with Crippen molar-refractivity contribution in [1.29, 1.82) is 0 Å². The summed E-state index contributed by atoms with van der Waals surface area (Å²) in [6.45, 7) is 37.9. The van der Waals surface area contributed by atoms with Crippen LogP contribution in [0.4, 0.5) is 17.6 Å². The molecule has 11 rings (SSSR count). The van der Waals surface area contributed by atoms with Crippen LogP contribution in [0.5, 0.6) is 0 Å². The summed E-state index contributed by atoms with van der Waals surface area (Å²) >= 11 is 0. The molecule has 0 aliphatic rings. The summed E-state index contributed by atoms with van der Waals surface area (Å²) in [5.41, 5.74) is 14.1. The van der Waals surface area contributed by atoms with E-state index in [0.717, 1.165) is 48.8 Å². The van der Waals surface area contributed by atoms with Crippen LogP contribution in [-0.2, 0) is 48.4 Å².